The number of hydrogen-bond donors (Lipinski definition) is 2. The second kappa shape index (κ2) is 4.52. The van der Waals surface area contributed by atoms with Crippen LogP contribution in [0.3, 0.4) is 0 Å². The molecule has 0 saturated heterocycles. The van der Waals surface area contributed by atoms with E-state index in [0.717, 1.165) is 28.0 Å². The van der Waals surface area contributed by atoms with Gasteiger partial charge in [-0.25, -0.2) is 0 Å². The third-order valence-corrected chi connectivity index (χ3v) is 3.85. The summed E-state index contributed by atoms with van der Waals surface area (Å²) in [6, 6.07) is 0. The number of rotatable bonds is 1. The van der Waals surface area contributed by atoms with Gasteiger partial charge in [-0.1, -0.05) is 24.3 Å². The lowest BCUT2D eigenvalue weighted by atomic mass is 9.78. The van der Waals surface area contributed by atoms with E-state index in [0.29, 0.717) is 17.5 Å². The fourth-order valence-corrected chi connectivity index (χ4v) is 2.66. The SMILES string of the molecule is CC1=CC(C2C=C(C)C(=[NH2+])C(C)=C2)C=C(C)C1=N. The fraction of sp³-hybridized carbons (Fsp3) is 0.375. The summed E-state index contributed by atoms with van der Waals surface area (Å²) in [4.78, 5) is 0. The van der Waals surface area contributed by atoms with Gasteiger partial charge in [-0.3, -0.25) is 5.41 Å². The van der Waals surface area contributed by atoms with Crippen molar-refractivity contribution < 1.29 is 5.41 Å². The summed E-state index contributed by atoms with van der Waals surface area (Å²) in [5, 5.41) is 13.9. The molecule has 0 aromatic rings. The minimum atomic E-state index is 0.345. The third-order valence-electron chi connectivity index (χ3n) is 3.85. The third kappa shape index (κ3) is 2.15. The molecule has 2 heteroatoms. The van der Waals surface area contributed by atoms with Gasteiger partial charge in [-0.15, -0.1) is 0 Å². The summed E-state index contributed by atoms with van der Waals surface area (Å²) in [5.41, 5.74) is 6.03. The van der Waals surface area contributed by atoms with Crippen LogP contribution < -0.4 is 5.41 Å². The van der Waals surface area contributed by atoms with E-state index in [2.05, 4.69) is 38.2 Å². The molecule has 0 aromatic heterocycles. The van der Waals surface area contributed by atoms with Crippen LogP contribution >= 0.6 is 0 Å². The van der Waals surface area contributed by atoms with E-state index in [9.17, 15) is 0 Å². The minimum absolute atomic E-state index is 0.345. The Labute approximate surface area is 109 Å². The van der Waals surface area contributed by atoms with E-state index in [1.807, 2.05) is 13.8 Å². The number of nitrogens with one attached hydrogen (secondary N) is 1. The van der Waals surface area contributed by atoms with Crippen LogP contribution in [0.2, 0.25) is 0 Å². The standard InChI is InChI=1S/C16H20N2/c1-9-5-13(6-10(2)15(9)17)14-7-11(3)16(18)12(4)8-14/h5-8,13-14,17-18H,1-4H3/p+1. The zero-order valence-corrected chi connectivity index (χ0v) is 11.5. The van der Waals surface area contributed by atoms with Crippen LogP contribution in [0.4, 0.5) is 0 Å². The highest BCUT2D eigenvalue weighted by atomic mass is 14.5. The number of nitrogens with two attached hydrogens (primary N) is 1. The Balaban J connectivity index is 2.35. The van der Waals surface area contributed by atoms with E-state index >= 15 is 0 Å². The van der Waals surface area contributed by atoms with Gasteiger partial charge < -0.3 is 5.41 Å². The zero-order chi connectivity index (χ0) is 13.4. The van der Waals surface area contributed by atoms with Crippen molar-refractivity contribution in [3.05, 3.63) is 46.6 Å². The zero-order valence-electron chi connectivity index (χ0n) is 11.5. The molecule has 2 nitrogen and oxygen atoms in total. The molecule has 0 aliphatic heterocycles. The molecular formula is C16H21N2+. The molecular weight excluding hydrogens is 220 g/mol. The van der Waals surface area contributed by atoms with Gasteiger partial charge in [0.2, 0.25) is 5.71 Å². The number of hydrogen-bond acceptors (Lipinski definition) is 1. The van der Waals surface area contributed by atoms with Crippen LogP contribution in [-0.4, -0.2) is 11.4 Å². The Hall–Kier alpha value is -1.70. The molecule has 0 fully saturated rings. The Morgan fingerprint density at radius 3 is 1.50 bits per heavy atom. The summed E-state index contributed by atoms with van der Waals surface area (Å²) in [5.74, 6) is 0.701. The molecule has 0 aromatic carbocycles. The topological polar surface area (TPSA) is 49.4 Å². The first kappa shape index (κ1) is 12.7. The van der Waals surface area contributed by atoms with E-state index < -0.39 is 0 Å². The van der Waals surface area contributed by atoms with Gasteiger partial charge in [0.15, 0.2) is 0 Å². The van der Waals surface area contributed by atoms with Gasteiger partial charge in [0.05, 0.1) is 5.71 Å². The van der Waals surface area contributed by atoms with Crippen LogP contribution in [0.5, 0.6) is 0 Å². The Bertz CT molecular complexity index is 447. The average Bonchev–Trinajstić information content (AvgIpc) is 2.31. The van der Waals surface area contributed by atoms with E-state index in [4.69, 9.17) is 10.8 Å². The van der Waals surface area contributed by atoms with Crippen LogP contribution in [0, 0.1) is 17.2 Å². The molecule has 0 amide bonds. The van der Waals surface area contributed by atoms with Crippen LogP contribution in [-0.2, 0) is 0 Å². The van der Waals surface area contributed by atoms with E-state index in [1.54, 1.807) is 0 Å². The molecule has 18 heavy (non-hydrogen) atoms. The lowest BCUT2D eigenvalue weighted by molar-refractivity contribution is -0.112. The van der Waals surface area contributed by atoms with Crippen LogP contribution in [0.25, 0.3) is 0 Å². The quantitative estimate of drug-likeness (QED) is 0.707. The van der Waals surface area contributed by atoms with Crippen molar-refractivity contribution in [1.82, 2.24) is 0 Å². The summed E-state index contributed by atoms with van der Waals surface area (Å²) < 4.78 is 0. The predicted molar refractivity (Wildman–Crippen MR) is 76.7 cm³/mol. The molecule has 0 spiro atoms. The summed E-state index contributed by atoms with van der Waals surface area (Å²) in [6.07, 6.45) is 8.84. The van der Waals surface area contributed by atoms with E-state index in [1.165, 1.54) is 0 Å². The normalized spacial score (nSPS) is 25.4. The monoisotopic (exact) mass is 241 g/mol. The molecule has 0 saturated carbocycles. The molecule has 2 aliphatic rings. The molecule has 2 rings (SSSR count). The predicted octanol–water partition coefficient (Wildman–Crippen LogP) is 2.25. The highest BCUT2D eigenvalue weighted by Crippen LogP contribution is 2.31. The average molecular weight is 241 g/mol. The second-order valence-electron chi connectivity index (χ2n) is 5.34. The molecule has 0 heterocycles. The van der Waals surface area contributed by atoms with Crippen molar-refractivity contribution in [3.63, 3.8) is 0 Å². The van der Waals surface area contributed by atoms with Gasteiger partial charge in [-0.2, -0.15) is 0 Å². The van der Waals surface area contributed by atoms with Crippen molar-refractivity contribution in [2.24, 2.45) is 11.8 Å². The fourth-order valence-electron chi connectivity index (χ4n) is 2.66. The Morgan fingerprint density at radius 1 is 0.778 bits per heavy atom. The largest absolute Gasteiger partial charge is 0.300 e. The maximum Gasteiger partial charge on any atom is 0.201 e. The summed E-state index contributed by atoms with van der Waals surface area (Å²) in [7, 11) is 0. The van der Waals surface area contributed by atoms with Crippen molar-refractivity contribution >= 4 is 11.4 Å². The summed E-state index contributed by atoms with van der Waals surface area (Å²) >= 11 is 0. The van der Waals surface area contributed by atoms with Gasteiger partial charge in [0.25, 0.3) is 0 Å². The first-order chi connectivity index (χ1) is 8.40. The van der Waals surface area contributed by atoms with Crippen molar-refractivity contribution in [2.45, 2.75) is 27.7 Å². The van der Waals surface area contributed by atoms with Gasteiger partial charge >= 0.3 is 0 Å². The van der Waals surface area contributed by atoms with Crippen molar-refractivity contribution in [2.75, 3.05) is 0 Å². The molecule has 2 aliphatic carbocycles. The van der Waals surface area contributed by atoms with Crippen molar-refractivity contribution in [1.29, 1.82) is 5.41 Å². The van der Waals surface area contributed by atoms with E-state index in [-0.39, 0.29) is 0 Å². The first-order valence-electron chi connectivity index (χ1n) is 6.36. The lowest BCUT2D eigenvalue weighted by Gasteiger charge is -2.25. The maximum atomic E-state index is 7.92. The van der Waals surface area contributed by atoms with Crippen LogP contribution in [0.1, 0.15) is 27.7 Å². The van der Waals surface area contributed by atoms with Crippen molar-refractivity contribution in [3.8, 4) is 0 Å². The highest BCUT2D eigenvalue weighted by molar-refractivity contribution is 6.10. The van der Waals surface area contributed by atoms with Gasteiger partial charge in [-0.05, 0) is 38.8 Å². The van der Waals surface area contributed by atoms with Crippen LogP contribution in [0.15, 0.2) is 46.6 Å². The van der Waals surface area contributed by atoms with Gasteiger partial charge in [0.1, 0.15) is 0 Å². The number of allylic oxidation sites excluding steroid dienone is 8. The lowest BCUT2D eigenvalue weighted by Crippen LogP contribution is -2.42. The maximum absolute atomic E-state index is 7.92. The second-order valence-corrected chi connectivity index (χ2v) is 5.34. The molecule has 3 N–H and O–H groups in total. The Morgan fingerprint density at radius 2 is 1.11 bits per heavy atom. The minimum Gasteiger partial charge on any atom is -0.300 e. The Kier molecular flexibility index (Phi) is 3.20. The molecule has 0 atom stereocenters. The smallest absolute Gasteiger partial charge is 0.201 e. The summed E-state index contributed by atoms with van der Waals surface area (Å²) in [6.45, 7) is 8.16. The molecule has 0 unspecified atom stereocenters. The molecule has 94 valence electrons. The highest BCUT2D eigenvalue weighted by Gasteiger charge is 2.25. The molecule has 0 radical (unpaired) electrons. The van der Waals surface area contributed by atoms with Gasteiger partial charge in [0, 0.05) is 23.0 Å². The molecule has 0 bridgehead atoms. The first-order valence-corrected chi connectivity index (χ1v) is 6.36.